The Balaban J connectivity index is 2.01. The van der Waals surface area contributed by atoms with Gasteiger partial charge in [-0.15, -0.1) is 0 Å². The van der Waals surface area contributed by atoms with Gasteiger partial charge >= 0.3 is 0 Å². The van der Waals surface area contributed by atoms with E-state index in [1.165, 1.54) is 0 Å². The Morgan fingerprint density at radius 2 is 2.04 bits per heavy atom. The third-order valence-electron chi connectivity index (χ3n) is 4.10. The SMILES string of the molecule is COCCNc1c(-c2ccc(OC)c(OC)c2)nc2n1CCNC2. The summed E-state index contributed by atoms with van der Waals surface area (Å²) in [5.74, 6) is 3.46. The molecule has 0 aliphatic carbocycles. The van der Waals surface area contributed by atoms with E-state index in [4.69, 9.17) is 19.2 Å². The maximum absolute atomic E-state index is 5.43. The van der Waals surface area contributed by atoms with Crippen molar-refractivity contribution < 1.29 is 14.2 Å². The normalized spacial score (nSPS) is 13.5. The molecule has 2 heterocycles. The lowest BCUT2D eigenvalue weighted by molar-refractivity contribution is 0.210. The molecule has 0 saturated heterocycles. The monoisotopic (exact) mass is 332 g/mol. The van der Waals surface area contributed by atoms with E-state index in [1.807, 2.05) is 18.2 Å². The zero-order valence-electron chi connectivity index (χ0n) is 14.4. The predicted octanol–water partition coefficient (Wildman–Crippen LogP) is 1.73. The summed E-state index contributed by atoms with van der Waals surface area (Å²) in [5, 5.41) is 6.82. The first kappa shape index (κ1) is 16.6. The van der Waals surface area contributed by atoms with E-state index >= 15 is 0 Å². The van der Waals surface area contributed by atoms with E-state index < -0.39 is 0 Å². The van der Waals surface area contributed by atoms with Crippen molar-refractivity contribution in [3.05, 3.63) is 24.0 Å². The van der Waals surface area contributed by atoms with Gasteiger partial charge in [-0.25, -0.2) is 4.98 Å². The molecule has 0 bridgehead atoms. The molecule has 0 radical (unpaired) electrons. The van der Waals surface area contributed by atoms with Crippen LogP contribution >= 0.6 is 0 Å². The molecule has 0 atom stereocenters. The molecule has 0 saturated carbocycles. The summed E-state index contributed by atoms with van der Waals surface area (Å²) >= 11 is 0. The standard InChI is InChI=1S/C17H24N4O3/c1-22-9-7-19-17-16(20-15-11-18-6-8-21(15)17)12-4-5-13(23-2)14(10-12)24-3/h4-5,10,18-19H,6-9,11H2,1-3H3. The molecule has 7 heteroatoms. The lowest BCUT2D eigenvalue weighted by atomic mass is 10.1. The summed E-state index contributed by atoms with van der Waals surface area (Å²) in [5.41, 5.74) is 1.92. The predicted molar refractivity (Wildman–Crippen MR) is 92.8 cm³/mol. The minimum Gasteiger partial charge on any atom is -0.493 e. The molecule has 7 nitrogen and oxygen atoms in total. The van der Waals surface area contributed by atoms with Crippen LogP contribution in [0.15, 0.2) is 18.2 Å². The van der Waals surface area contributed by atoms with Gasteiger partial charge < -0.3 is 29.4 Å². The zero-order chi connectivity index (χ0) is 16.9. The second kappa shape index (κ2) is 7.55. The number of benzene rings is 1. The van der Waals surface area contributed by atoms with Crippen LogP contribution in [0, 0.1) is 0 Å². The number of rotatable bonds is 7. The van der Waals surface area contributed by atoms with Crippen molar-refractivity contribution in [3.8, 4) is 22.8 Å². The Morgan fingerprint density at radius 1 is 1.21 bits per heavy atom. The Kier molecular flexibility index (Phi) is 5.22. The minimum absolute atomic E-state index is 0.643. The Morgan fingerprint density at radius 3 is 2.79 bits per heavy atom. The van der Waals surface area contributed by atoms with Gasteiger partial charge in [0.2, 0.25) is 0 Å². The second-order valence-corrected chi connectivity index (χ2v) is 5.54. The molecule has 0 spiro atoms. The van der Waals surface area contributed by atoms with Gasteiger partial charge in [0, 0.05) is 32.3 Å². The van der Waals surface area contributed by atoms with Crippen LogP contribution in [0.3, 0.4) is 0 Å². The number of ether oxygens (including phenoxy) is 3. The largest absolute Gasteiger partial charge is 0.493 e. The van der Waals surface area contributed by atoms with Gasteiger partial charge in [-0.3, -0.25) is 0 Å². The van der Waals surface area contributed by atoms with E-state index in [-0.39, 0.29) is 0 Å². The van der Waals surface area contributed by atoms with Crippen LogP contribution in [0.2, 0.25) is 0 Å². The minimum atomic E-state index is 0.643. The van der Waals surface area contributed by atoms with Crippen LogP contribution in [0.4, 0.5) is 5.82 Å². The topological polar surface area (TPSA) is 69.6 Å². The van der Waals surface area contributed by atoms with Crippen LogP contribution in [-0.2, 0) is 17.8 Å². The highest BCUT2D eigenvalue weighted by Crippen LogP contribution is 2.35. The van der Waals surface area contributed by atoms with E-state index in [0.717, 1.165) is 49.1 Å². The van der Waals surface area contributed by atoms with Crippen molar-refractivity contribution in [1.29, 1.82) is 0 Å². The molecule has 1 aliphatic heterocycles. The third kappa shape index (κ3) is 3.18. The summed E-state index contributed by atoms with van der Waals surface area (Å²) in [6.07, 6.45) is 0. The number of aromatic nitrogens is 2. The summed E-state index contributed by atoms with van der Waals surface area (Å²) in [6.45, 7) is 3.98. The Bertz CT molecular complexity index is 699. The number of methoxy groups -OCH3 is 3. The average Bonchev–Trinajstić information content (AvgIpc) is 3.00. The van der Waals surface area contributed by atoms with Crippen molar-refractivity contribution >= 4 is 5.82 Å². The van der Waals surface area contributed by atoms with Crippen molar-refractivity contribution in [2.75, 3.05) is 46.3 Å². The number of fused-ring (bicyclic) bond motifs is 1. The summed E-state index contributed by atoms with van der Waals surface area (Å²) < 4.78 is 18.1. The highest BCUT2D eigenvalue weighted by Gasteiger charge is 2.21. The summed E-state index contributed by atoms with van der Waals surface area (Å²) in [6, 6.07) is 5.87. The third-order valence-corrected chi connectivity index (χ3v) is 4.10. The van der Waals surface area contributed by atoms with Crippen LogP contribution in [-0.4, -0.2) is 50.6 Å². The van der Waals surface area contributed by atoms with E-state index in [2.05, 4.69) is 15.2 Å². The number of nitrogens with one attached hydrogen (secondary N) is 2. The van der Waals surface area contributed by atoms with Crippen molar-refractivity contribution in [1.82, 2.24) is 14.9 Å². The van der Waals surface area contributed by atoms with Crippen molar-refractivity contribution in [3.63, 3.8) is 0 Å². The average molecular weight is 332 g/mol. The van der Waals surface area contributed by atoms with Crippen LogP contribution < -0.4 is 20.1 Å². The Labute approximate surface area is 141 Å². The van der Waals surface area contributed by atoms with Gasteiger partial charge in [0.15, 0.2) is 11.5 Å². The van der Waals surface area contributed by atoms with Gasteiger partial charge in [0.25, 0.3) is 0 Å². The van der Waals surface area contributed by atoms with Crippen molar-refractivity contribution in [2.24, 2.45) is 0 Å². The molecular weight excluding hydrogens is 308 g/mol. The zero-order valence-corrected chi connectivity index (χ0v) is 14.4. The molecule has 24 heavy (non-hydrogen) atoms. The fourth-order valence-electron chi connectivity index (χ4n) is 2.90. The van der Waals surface area contributed by atoms with E-state index in [9.17, 15) is 0 Å². The fourth-order valence-corrected chi connectivity index (χ4v) is 2.90. The number of nitrogens with zero attached hydrogens (tertiary/aromatic N) is 2. The molecule has 2 N–H and O–H groups in total. The molecule has 0 unspecified atom stereocenters. The van der Waals surface area contributed by atoms with Gasteiger partial charge in [-0.1, -0.05) is 0 Å². The van der Waals surface area contributed by atoms with Crippen LogP contribution in [0.25, 0.3) is 11.3 Å². The number of anilines is 1. The summed E-state index contributed by atoms with van der Waals surface area (Å²) in [7, 11) is 4.98. The number of imidazole rings is 1. The first-order valence-electron chi connectivity index (χ1n) is 8.03. The quantitative estimate of drug-likeness (QED) is 0.753. The molecule has 0 amide bonds. The highest BCUT2D eigenvalue weighted by molar-refractivity contribution is 5.75. The first-order chi connectivity index (χ1) is 11.8. The molecule has 3 rings (SSSR count). The fraction of sp³-hybridized carbons (Fsp3) is 0.471. The molecule has 0 fully saturated rings. The smallest absolute Gasteiger partial charge is 0.161 e. The Hall–Kier alpha value is -2.25. The molecule has 2 aromatic rings. The number of hydrogen-bond donors (Lipinski definition) is 2. The molecular formula is C17H24N4O3. The van der Waals surface area contributed by atoms with Gasteiger partial charge in [-0.05, 0) is 18.2 Å². The molecule has 1 aromatic carbocycles. The van der Waals surface area contributed by atoms with E-state index in [1.54, 1.807) is 21.3 Å². The molecule has 130 valence electrons. The maximum atomic E-state index is 5.43. The second-order valence-electron chi connectivity index (χ2n) is 5.54. The van der Waals surface area contributed by atoms with Gasteiger partial charge in [-0.2, -0.15) is 0 Å². The lowest BCUT2D eigenvalue weighted by Gasteiger charge is -2.18. The lowest BCUT2D eigenvalue weighted by Crippen LogP contribution is -2.29. The first-order valence-corrected chi connectivity index (χ1v) is 8.03. The highest BCUT2D eigenvalue weighted by atomic mass is 16.5. The number of hydrogen-bond acceptors (Lipinski definition) is 6. The van der Waals surface area contributed by atoms with Gasteiger partial charge in [0.1, 0.15) is 17.3 Å². The molecule has 1 aliphatic rings. The van der Waals surface area contributed by atoms with Gasteiger partial charge in [0.05, 0.1) is 27.4 Å². The molecule has 1 aromatic heterocycles. The van der Waals surface area contributed by atoms with E-state index in [0.29, 0.717) is 18.1 Å². The van der Waals surface area contributed by atoms with Crippen LogP contribution in [0.5, 0.6) is 11.5 Å². The van der Waals surface area contributed by atoms with Crippen LogP contribution in [0.1, 0.15) is 5.82 Å². The maximum Gasteiger partial charge on any atom is 0.161 e. The summed E-state index contributed by atoms with van der Waals surface area (Å²) in [4.78, 5) is 4.83. The van der Waals surface area contributed by atoms with Crippen molar-refractivity contribution in [2.45, 2.75) is 13.1 Å².